The SMILES string of the molecule is CC(NC(N)=O)c1noc(C(C)(C)c2ccc([N+](=O)[O-])cc2F)n1. The van der Waals surface area contributed by atoms with Crippen LogP contribution in [-0.4, -0.2) is 21.1 Å². The average molecular weight is 337 g/mol. The summed E-state index contributed by atoms with van der Waals surface area (Å²) in [5, 5.41) is 16.9. The van der Waals surface area contributed by atoms with Gasteiger partial charge in [0.25, 0.3) is 5.69 Å². The average Bonchev–Trinajstić information content (AvgIpc) is 2.96. The van der Waals surface area contributed by atoms with Crippen molar-refractivity contribution in [3.05, 3.63) is 51.4 Å². The molecule has 0 bridgehead atoms. The summed E-state index contributed by atoms with van der Waals surface area (Å²) in [6, 6.07) is 2.02. The maximum absolute atomic E-state index is 14.3. The number of nitrogens with zero attached hydrogens (tertiary/aromatic N) is 3. The van der Waals surface area contributed by atoms with Gasteiger partial charge in [0.1, 0.15) is 5.82 Å². The number of primary amides is 1. The molecule has 0 aliphatic rings. The monoisotopic (exact) mass is 337 g/mol. The lowest BCUT2D eigenvalue weighted by atomic mass is 9.84. The second-order valence-electron chi connectivity index (χ2n) is 5.73. The number of halogens is 1. The van der Waals surface area contributed by atoms with Crippen molar-refractivity contribution in [2.75, 3.05) is 0 Å². The molecule has 2 aromatic rings. The van der Waals surface area contributed by atoms with E-state index in [4.69, 9.17) is 10.3 Å². The van der Waals surface area contributed by atoms with Crippen LogP contribution in [0.1, 0.15) is 44.1 Å². The summed E-state index contributed by atoms with van der Waals surface area (Å²) in [7, 11) is 0. The number of nitro benzene ring substituents is 1. The highest BCUT2D eigenvalue weighted by Gasteiger charge is 2.34. The lowest BCUT2D eigenvalue weighted by Crippen LogP contribution is -2.32. The van der Waals surface area contributed by atoms with Crippen molar-refractivity contribution in [2.24, 2.45) is 5.73 Å². The van der Waals surface area contributed by atoms with E-state index in [0.717, 1.165) is 6.07 Å². The van der Waals surface area contributed by atoms with Crippen molar-refractivity contribution in [3.8, 4) is 0 Å². The molecule has 9 nitrogen and oxygen atoms in total. The molecule has 2 rings (SSSR count). The van der Waals surface area contributed by atoms with Gasteiger partial charge in [-0.2, -0.15) is 4.98 Å². The standard InChI is InChI=1S/C14H16FN5O4/c1-7(17-13(16)21)11-18-12(24-19-11)14(2,3)9-5-4-8(20(22)23)6-10(9)15/h4-7H,1-3H3,(H3,16,17,21). The number of non-ortho nitro benzene ring substituents is 1. The lowest BCUT2D eigenvalue weighted by Gasteiger charge is -2.20. The molecular weight excluding hydrogens is 321 g/mol. The molecule has 3 N–H and O–H groups in total. The van der Waals surface area contributed by atoms with E-state index in [9.17, 15) is 19.3 Å². The molecule has 0 aliphatic heterocycles. The van der Waals surface area contributed by atoms with Gasteiger partial charge in [0.15, 0.2) is 5.82 Å². The summed E-state index contributed by atoms with van der Waals surface area (Å²) in [5.41, 5.74) is 3.82. The molecule has 0 saturated carbocycles. The third-order valence-electron chi connectivity index (χ3n) is 3.56. The molecule has 10 heteroatoms. The number of amides is 2. The zero-order chi connectivity index (χ0) is 18.1. The van der Waals surface area contributed by atoms with Crippen molar-refractivity contribution in [1.29, 1.82) is 0 Å². The van der Waals surface area contributed by atoms with Crippen molar-refractivity contribution in [3.63, 3.8) is 0 Å². The van der Waals surface area contributed by atoms with E-state index < -0.39 is 28.2 Å². The van der Waals surface area contributed by atoms with Crippen molar-refractivity contribution in [1.82, 2.24) is 15.5 Å². The summed E-state index contributed by atoms with van der Waals surface area (Å²) >= 11 is 0. The lowest BCUT2D eigenvalue weighted by molar-refractivity contribution is -0.385. The first-order valence-electron chi connectivity index (χ1n) is 6.97. The van der Waals surface area contributed by atoms with Gasteiger partial charge in [-0.05, 0) is 26.8 Å². The van der Waals surface area contributed by atoms with Gasteiger partial charge >= 0.3 is 6.03 Å². The summed E-state index contributed by atoms with van der Waals surface area (Å²) in [6.07, 6.45) is 0. The number of hydrogen-bond donors (Lipinski definition) is 2. The maximum atomic E-state index is 14.3. The molecule has 1 unspecified atom stereocenters. The van der Waals surface area contributed by atoms with E-state index in [1.807, 2.05) is 0 Å². The van der Waals surface area contributed by atoms with E-state index in [2.05, 4.69) is 15.5 Å². The molecule has 128 valence electrons. The Kier molecular flexibility index (Phi) is 4.49. The van der Waals surface area contributed by atoms with Crippen LogP contribution in [0.4, 0.5) is 14.9 Å². The van der Waals surface area contributed by atoms with Gasteiger partial charge < -0.3 is 15.6 Å². The summed E-state index contributed by atoms with van der Waals surface area (Å²) in [5.74, 6) is -0.472. The number of aromatic nitrogens is 2. The van der Waals surface area contributed by atoms with Crippen LogP contribution in [0.25, 0.3) is 0 Å². The van der Waals surface area contributed by atoms with Gasteiger partial charge in [-0.1, -0.05) is 5.16 Å². The van der Waals surface area contributed by atoms with Gasteiger partial charge in [-0.15, -0.1) is 0 Å². The van der Waals surface area contributed by atoms with Crippen LogP contribution in [0, 0.1) is 15.9 Å². The van der Waals surface area contributed by atoms with Gasteiger partial charge in [-0.3, -0.25) is 10.1 Å². The molecule has 1 aromatic heterocycles. The summed E-state index contributed by atoms with van der Waals surface area (Å²) in [6.45, 7) is 4.89. The second-order valence-corrected chi connectivity index (χ2v) is 5.73. The zero-order valence-electron chi connectivity index (χ0n) is 13.2. The predicted molar refractivity (Wildman–Crippen MR) is 80.6 cm³/mol. The third-order valence-corrected chi connectivity index (χ3v) is 3.56. The Hall–Kier alpha value is -3.04. The number of benzene rings is 1. The molecule has 0 spiro atoms. The Morgan fingerprint density at radius 2 is 2.17 bits per heavy atom. The largest absolute Gasteiger partial charge is 0.352 e. The minimum atomic E-state index is -1.03. The number of urea groups is 1. The molecule has 0 aliphatic carbocycles. The number of nitrogens with one attached hydrogen (secondary N) is 1. The van der Waals surface area contributed by atoms with Crippen LogP contribution in [0.5, 0.6) is 0 Å². The molecule has 1 atom stereocenters. The first kappa shape index (κ1) is 17.3. The quantitative estimate of drug-likeness (QED) is 0.633. The first-order valence-corrected chi connectivity index (χ1v) is 6.97. The van der Waals surface area contributed by atoms with Gasteiger partial charge in [0, 0.05) is 11.6 Å². The van der Waals surface area contributed by atoms with E-state index in [0.29, 0.717) is 0 Å². The minimum Gasteiger partial charge on any atom is -0.352 e. The number of hydrogen-bond acceptors (Lipinski definition) is 6. The fraction of sp³-hybridized carbons (Fsp3) is 0.357. The predicted octanol–water partition coefficient (Wildman–Crippen LogP) is 2.17. The molecule has 0 fully saturated rings. The van der Waals surface area contributed by atoms with Crippen LogP contribution in [-0.2, 0) is 5.41 Å². The van der Waals surface area contributed by atoms with Crippen molar-refractivity contribution >= 4 is 11.7 Å². The van der Waals surface area contributed by atoms with Gasteiger partial charge in [0.05, 0.1) is 22.4 Å². The number of carbonyl (C=O) groups excluding carboxylic acids is 1. The molecule has 0 radical (unpaired) electrons. The number of nitro groups is 1. The molecule has 1 aromatic carbocycles. The van der Waals surface area contributed by atoms with Crippen LogP contribution < -0.4 is 11.1 Å². The van der Waals surface area contributed by atoms with Crippen molar-refractivity contribution in [2.45, 2.75) is 32.2 Å². The maximum Gasteiger partial charge on any atom is 0.312 e. The van der Waals surface area contributed by atoms with Gasteiger partial charge in [0.2, 0.25) is 5.89 Å². The van der Waals surface area contributed by atoms with E-state index in [-0.39, 0.29) is 23.0 Å². The van der Waals surface area contributed by atoms with Gasteiger partial charge in [-0.25, -0.2) is 9.18 Å². The molecule has 1 heterocycles. The highest BCUT2D eigenvalue weighted by Crippen LogP contribution is 2.33. The van der Waals surface area contributed by atoms with Crippen molar-refractivity contribution < 1.29 is 18.6 Å². The highest BCUT2D eigenvalue weighted by molar-refractivity contribution is 5.71. The fourth-order valence-electron chi connectivity index (χ4n) is 2.18. The Balaban J connectivity index is 2.35. The van der Waals surface area contributed by atoms with Crippen LogP contribution in [0.3, 0.4) is 0 Å². The summed E-state index contributed by atoms with van der Waals surface area (Å²) < 4.78 is 19.4. The minimum absolute atomic E-state index is 0.100. The summed E-state index contributed by atoms with van der Waals surface area (Å²) in [4.78, 5) is 25.0. The Labute approximate surface area is 136 Å². The normalized spacial score (nSPS) is 12.7. The van der Waals surface area contributed by atoms with E-state index >= 15 is 0 Å². The molecule has 2 amide bonds. The molecule has 0 saturated heterocycles. The smallest absolute Gasteiger partial charge is 0.312 e. The first-order chi connectivity index (χ1) is 11.1. The third kappa shape index (κ3) is 3.31. The number of carbonyl (C=O) groups is 1. The number of rotatable bonds is 5. The Morgan fingerprint density at radius 3 is 2.71 bits per heavy atom. The highest BCUT2D eigenvalue weighted by atomic mass is 19.1. The fourth-order valence-corrected chi connectivity index (χ4v) is 2.18. The Morgan fingerprint density at radius 1 is 1.50 bits per heavy atom. The van der Waals surface area contributed by atoms with E-state index in [1.54, 1.807) is 20.8 Å². The topological polar surface area (TPSA) is 137 Å². The Bertz CT molecular complexity index is 789. The van der Waals surface area contributed by atoms with Crippen LogP contribution in [0.15, 0.2) is 22.7 Å². The molecular formula is C14H16FN5O4. The number of nitrogens with two attached hydrogens (primary N) is 1. The second kappa shape index (κ2) is 6.22. The molecule has 24 heavy (non-hydrogen) atoms. The van der Waals surface area contributed by atoms with Crippen LogP contribution >= 0.6 is 0 Å². The van der Waals surface area contributed by atoms with Crippen LogP contribution in [0.2, 0.25) is 0 Å². The zero-order valence-corrected chi connectivity index (χ0v) is 13.2. The van der Waals surface area contributed by atoms with E-state index in [1.165, 1.54) is 12.1 Å².